The summed E-state index contributed by atoms with van der Waals surface area (Å²) in [6.07, 6.45) is -5.61. The maximum atomic E-state index is 12.3. The summed E-state index contributed by atoms with van der Waals surface area (Å²) in [7, 11) is 0. The van der Waals surface area contributed by atoms with Gasteiger partial charge in [0.05, 0.1) is 0 Å². The topological polar surface area (TPSA) is 37.3 Å². The number of hydrogen-bond donors (Lipinski definition) is 1. The number of rotatable bonds is 1. The highest BCUT2D eigenvalue weighted by Gasteiger charge is 2.63. The van der Waals surface area contributed by atoms with Gasteiger partial charge in [-0.2, -0.15) is 13.2 Å². The molecule has 0 aromatic heterocycles. The summed E-state index contributed by atoms with van der Waals surface area (Å²) in [5.74, 6) is -0.868. The van der Waals surface area contributed by atoms with Crippen molar-refractivity contribution in [2.45, 2.75) is 45.4 Å². The molecule has 0 saturated heterocycles. The molecule has 1 rings (SSSR count). The van der Waals surface area contributed by atoms with Crippen LogP contribution in [0.15, 0.2) is 0 Å². The first kappa shape index (κ1) is 12.5. The van der Waals surface area contributed by atoms with E-state index in [0.29, 0.717) is 0 Å². The van der Waals surface area contributed by atoms with Crippen molar-refractivity contribution in [3.8, 4) is 0 Å². The van der Waals surface area contributed by atoms with E-state index in [1.807, 2.05) is 0 Å². The summed E-state index contributed by atoms with van der Waals surface area (Å²) in [6.45, 7) is 5.00. The maximum absolute atomic E-state index is 12.3. The molecule has 1 saturated carbocycles. The molecule has 0 amide bonds. The number of alkyl halides is 3. The van der Waals surface area contributed by atoms with E-state index in [0.717, 1.165) is 0 Å². The lowest BCUT2D eigenvalue weighted by atomic mass is 9.64. The van der Waals surface area contributed by atoms with Gasteiger partial charge in [-0.1, -0.05) is 20.8 Å². The summed E-state index contributed by atoms with van der Waals surface area (Å²) < 4.78 is 36.8. The number of carbonyl (C=O) groups excluding carboxylic acids is 1. The third-order valence-electron chi connectivity index (χ3n) is 2.81. The summed E-state index contributed by atoms with van der Waals surface area (Å²) in [6, 6.07) is 0. The second kappa shape index (κ2) is 3.20. The van der Waals surface area contributed by atoms with E-state index in [1.54, 1.807) is 20.8 Å². The number of carbonyl (C=O) groups is 1. The van der Waals surface area contributed by atoms with Crippen molar-refractivity contribution < 1.29 is 23.1 Å². The number of ketones is 1. The van der Waals surface area contributed by atoms with Crippen LogP contribution in [0.2, 0.25) is 0 Å². The smallest absolute Gasteiger partial charge is 0.380 e. The Hall–Kier alpha value is -0.580. The summed E-state index contributed by atoms with van der Waals surface area (Å²) in [5, 5.41) is 9.15. The van der Waals surface area contributed by atoms with Gasteiger partial charge in [0.15, 0.2) is 5.60 Å². The molecule has 0 bridgehead atoms. The van der Waals surface area contributed by atoms with Crippen molar-refractivity contribution in [2.24, 2.45) is 11.3 Å². The number of halogens is 3. The molecular weight excluding hydrogens is 209 g/mol. The van der Waals surface area contributed by atoms with Crippen molar-refractivity contribution in [3.63, 3.8) is 0 Å². The minimum atomic E-state index is -4.62. The van der Waals surface area contributed by atoms with Crippen LogP contribution in [0.4, 0.5) is 13.2 Å². The SMILES string of the molecule is CC(C)(C)C(=O)C1CC(O)(C(F)(F)F)C1. The highest BCUT2D eigenvalue weighted by Crippen LogP contribution is 2.50. The maximum Gasteiger partial charge on any atom is 0.417 e. The van der Waals surface area contributed by atoms with Gasteiger partial charge in [-0.15, -0.1) is 0 Å². The highest BCUT2D eigenvalue weighted by atomic mass is 19.4. The quantitative estimate of drug-likeness (QED) is 0.742. The molecule has 5 heteroatoms. The van der Waals surface area contributed by atoms with E-state index in [1.165, 1.54) is 0 Å². The first-order valence-electron chi connectivity index (χ1n) is 4.81. The zero-order chi connectivity index (χ0) is 12.1. The minimum Gasteiger partial charge on any atom is -0.380 e. The molecule has 0 heterocycles. The standard InChI is InChI=1S/C10H15F3O2/c1-8(2,3)7(14)6-4-9(15,5-6)10(11,12)13/h6,15H,4-5H2,1-3H3. The minimum absolute atomic E-state index is 0.212. The van der Waals surface area contributed by atoms with Crippen molar-refractivity contribution in [3.05, 3.63) is 0 Å². The molecule has 88 valence electrons. The third-order valence-corrected chi connectivity index (χ3v) is 2.81. The monoisotopic (exact) mass is 224 g/mol. The Kier molecular flexibility index (Phi) is 2.67. The van der Waals surface area contributed by atoms with E-state index in [-0.39, 0.29) is 5.78 Å². The van der Waals surface area contributed by atoms with E-state index in [4.69, 9.17) is 5.11 Å². The highest BCUT2D eigenvalue weighted by molar-refractivity contribution is 5.87. The third kappa shape index (κ3) is 2.17. The van der Waals surface area contributed by atoms with Gasteiger partial charge >= 0.3 is 6.18 Å². The Morgan fingerprint density at radius 2 is 1.67 bits per heavy atom. The lowest BCUT2D eigenvalue weighted by molar-refractivity contribution is -0.296. The van der Waals surface area contributed by atoms with E-state index >= 15 is 0 Å². The van der Waals surface area contributed by atoms with Crippen molar-refractivity contribution >= 4 is 5.78 Å². The molecule has 1 aliphatic carbocycles. The van der Waals surface area contributed by atoms with Gasteiger partial charge in [-0.3, -0.25) is 4.79 Å². The van der Waals surface area contributed by atoms with Crippen LogP contribution in [0, 0.1) is 11.3 Å². The Balaban J connectivity index is 2.62. The number of Topliss-reactive ketones (excluding diaryl/α,β-unsaturated/α-hetero) is 1. The van der Waals surface area contributed by atoms with E-state index in [2.05, 4.69) is 0 Å². The zero-order valence-electron chi connectivity index (χ0n) is 8.98. The summed E-state index contributed by atoms with van der Waals surface area (Å²) in [5.41, 5.74) is -3.28. The van der Waals surface area contributed by atoms with Crippen LogP contribution in [0.5, 0.6) is 0 Å². The number of hydrogen-bond acceptors (Lipinski definition) is 2. The molecular formula is C10H15F3O2. The molecule has 1 aliphatic rings. The van der Waals surface area contributed by atoms with Gasteiger partial charge in [-0.25, -0.2) is 0 Å². The van der Waals surface area contributed by atoms with Crippen LogP contribution in [0.3, 0.4) is 0 Å². The lowest BCUT2D eigenvalue weighted by Gasteiger charge is -2.45. The summed E-state index contributed by atoms with van der Waals surface area (Å²) in [4.78, 5) is 11.6. The predicted octanol–water partition coefficient (Wildman–Crippen LogP) is 2.31. The number of aliphatic hydroxyl groups is 1. The normalized spacial score (nSPS) is 32.3. The molecule has 0 radical (unpaired) electrons. The second-order valence-corrected chi connectivity index (χ2v) is 5.25. The van der Waals surface area contributed by atoms with Crippen molar-refractivity contribution in [1.29, 1.82) is 0 Å². The van der Waals surface area contributed by atoms with Crippen LogP contribution in [-0.4, -0.2) is 22.7 Å². The van der Waals surface area contributed by atoms with Gasteiger partial charge in [0.1, 0.15) is 5.78 Å². The molecule has 0 aliphatic heterocycles. The van der Waals surface area contributed by atoms with Gasteiger partial charge in [-0.05, 0) is 12.8 Å². The molecule has 0 aromatic rings. The lowest BCUT2D eigenvalue weighted by Crippen LogP contribution is -2.58. The van der Waals surface area contributed by atoms with Gasteiger partial charge in [0.25, 0.3) is 0 Å². The summed E-state index contributed by atoms with van der Waals surface area (Å²) >= 11 is 0. The Morgan fingerprint density at radius 3 is 1.93 bits per heavy atom. The van der Waals surface area contributed by atoms with E-state index < -0.39 is 36.0 Å². The molecule has 1 fully saturated rings. The fraction of sp³-hybridized carbons (Fsp3) is 0.900. The fourth-order valence-corrected chi connectivity index (χ4v) is 1.78. The fourth-order valence-electron chi connectivity index (χ4n) is 1.78. The van der Waals surface area contributed by atoms with Gasteiger partial charge < -0.3 is 5.11 Å². The van der Waals surface area contributed by atoms with Crippen LogP contribution in [-0.2, 0) is 4.79 Å². The molecule has 0 unspecified atom stereocenters. The van der Waals surface area contributed by atoms with Crippen LogP contribution in [0.1, 0.15) is 33.6 Å². The van der Waals surface area contributed by atoms with Gasteiger partial charge in [0.2, 0.25) is 0 Å². The van der Waals surface area contributed by atoms with Crippen molar-refractivity contribution in [1.82, 2.24) is 0 Å². The van der Waals surface area contributed by atoms with E-state index in [9.17, 15) is 18.0 Å². The first-order chi connectivity index (χ1) is 6.47. The predicted molar refractivity (Wildman–Crippen MR) is 48.2 cm³/mol. The largest absolute Gasteiger partial charge is 0.417 e. The Labute approximate surface area is 86.5 Å². The average Bonchev–Trinajstić information content (AvgIpc) is 1.93. The Morgan fingerprint density at radius 1 is 1.27 bits per heavy atom. The molecule has 15 heavy (non-hydrogen) atoms. The molecule has 0 spiro atoms. The van der Waals surface area contributed by atoms with Crippen LogP contribution >= 0.6 is 0 Å². The molecule has 0 atom stereocenters. The molecule has 0 aromatic carbocycles. The molecule has 2 nitrogen and oxygen atoms in total. The van der Waals surface area contributed by atoms with Crippen LogP contribution < -0.4 is 0 Å². The van der Waals surface area contributed by atoms with Crippen molar-refractivity contribution in [2.75, 3.05) is 0 Å². The zero-order valence-corrected chi connectivity index (χ0v) is 8.98. The van der Waals surface area contributed by atoms with Crippen LogP contribution in [0.25, 0.3) is 0 Å². The first-order valence-corrected chi connectivity index (χ1v) is 4.81. The average molecular weight is 224 g/mol. The molecule has 1 N–H and O–H groups in total. The second-order valence-electron chi connectivity index (χ2n) is 5.25. The van der Waals surface area contributed by atoms with Gasteiger partial charge in [0, 0.05) is 11.3 Å². The Bertz CT molecular complexity index is 269.